The van der Waals surface area contributed by atoms with Crippen LogP contribution in [0.4, 0.5) is 0 Å². The van der Waals surface area contributed by atoms with Crippen molar-refractivity contribution in [2.45, 2.75) is 44.1 Å². The highest BCUT2D eigenvalue weighted by molar-refractivity contribution is 5.38. The van der Waals surface area contributed by atoms with Crippen molar-refractivity contribution in [2.24, 2.45) is 0 Å². The van der Waals surface area contributed by atoms with Crippen molar-refractivity contribution in [3.63, 3.8) is 0 Å². The number of benzene rings is 1. The Morgan fingerprint density at radius 2 is 2.20 bits per heavy atom. The molecule has 0 spiro atoms. The summed E-state index contributed by atoms with van der Waals surface area (Å²) in [5.74, 6) is 0. The molecule has 15 heavy (non-hydrogen) atoms. The molecule has 1 aromatic carbocycles. The highest BCUT2D eigenvalue weighted by atomic mass is 14.9. The summed E-state index contributed by atoms with van der Waals surface area (Å²) in [7, 11) is 0. The van der Waals surface area contributed by atoms with E-state index in [1.165, 1.54) is 32.2 Å². The van der Waals surface area contributed by atoms with Gasteiger partial charge in [-0.15, -0.1) is 0 Å². The van der Waals surface area contributed by atoms with Crippen molar-refractivity contribution < 1.29 is 0 Å². The largest absolute Gasteiger partial charge is 0.313 e. The molecule has 0 amide bonds. The maximum atomic E-state index is 3.70. The van der Waals surface area contributed by atoms with E-state index in [-0.39, 0.29) is 0 Å². The fourth-order valence-electron chi connectivity index (χ4n) is 3.47. The van der Waals surface area contributed by atoms with Gasteiger partial charge in [-0.05, 0) is 43.4 Å². The Morgan fingerprint density at radius 3 is 3.13 bits per heavy atom. The van der Waals surface area contributed by atoms with Gasteiger partial charge in [0.15, 0.2) is 0 Å². The maximum absolute atomic E-state index is 3.70. The summed E-state index contributed by atoms with van der Waals surface area (Å²) in [5.41, 5.74) is 3.58. The van der Waals surface area contributed by atoms with E-state index in [0.29, 0.717) is 11.5 Å². The molecule has 80 valence electrons. The van der Waals surface area contributed by atoms with Crippen LogP contribution in [-0.4, -0.2) is 12.6 Å². The summed E-state index contributed by atoms with van der Waals surface area (Å²) < 4.78 is 0. The number of piperidine rings is 1. The van der Waals surface area contributed by atoms with Crippen LogP contribution < -0.4 is 5.32 Å². The Labute approximate surface area is 91.9 Å². The third-order valence-electron chi connectivity index (χ3n) is 4.37. The second-order valence-corrected chi connectivity index (χ2v) is 5.22. The number of aryl methyl sites for hydroxylation is 1. The summed E-state index contributed by atoms with van der Waals surface area (Å²) in [6, 6.07) is 9.74. The van der Waals surface area contributed by atoms with Crippen LogP contribution in [0.1, 0.15) is 37.3 Å². The molecule has 0 unspecified atom stereocenters. The monoisotopic (exact) mass is 201 g/mol. The molecular weight excluding hydrogens is 182 g/mol. The average molecular weight is 201 g/mol. The summed E-state index contributed by atoms with van der Waals surface area (Å²) in [5, 5.41) is 3.70. The number of nitrogens with one attached hydrogen (secondary N) is 1. The van der Waals surface area contributed by atoms with Crippen LogP contribution in [0, 0.1) is 0 Å². The van der Waals surface area contributed by atoms with E-state index in [4.69, 9.17) is 0 Å². The minimum absolute atomic E-state index is 0.396. The Kier molecular flexibility index (Phi) is 2.10. The molecule has 0 aromatic heterocycles. The van der Waals surface area contributed by atoms with E-state index in [1.807, 2.05) is 0 Å². The van der Waals surface area contributed by atoms with Gasteiger partial charge >= 0.3 is 0 Å². The zero-order valence-electron chi connectivity index (χ0n) is 9.42. The van der Waals surface area contributed by atoms with E-state index < -0.39 is 0 Å². The van der Waals surface area contributed by atoms with Crippen LogP contribution in [0.25, 0.3) is 0 Å². The lowest BCUT2D eigenvalue weighted by Crippen LogP contribution is -2.53. The predicted molar refractivity (Wildman–Crippen MR) is 63.1 cm³/mol. The van der Waals surface area contributed by atoms with Crippen LogP contribution in [0.2, 0.25) is 0 Å². The topological polar surface area (TPSA) is 12.0 Å². The van der Waals surface area contributed by atoms with Gasteiger partial charge in [-0.1, -0.05) is 31.2 Å². The number of rotatable bonds is 0. The lowest BCUT2D eigenvalue weighted by Gasteiger charge is -2.46. The first-order valence-corrected chi connectivity index (χ1v) is 6.12. The summed E-state index contributed by atoms with van der Waals surface area (Å²) in [6.07, 6.45) is 5.24. The molecule has 0 radical (unpaired) electrons. The van der Waals surface area contributed by atoms with Crippen molar-refractivity contribution >= 4 is 0 Å². The van der Waals surface area contributed by atoms with E-state index in [9.17, 15) is 0 Å². The van der Waals surface area contributed by atoms with Crippen LogP contribution in [-0.2, 0) is 11.8 Å². The van der Waals surface area contributed by atoms with Gasteiger partial charge in [-0.25, -0.2) is 0 Å². The van der Waals surface area contributed by atoms with E-state index >= 15 is 0 Å². The summed E-state index contributed by atoms with van der Waals surface area (Å²) in [6.45, 7) is 3.66. The third kappa shape index (κ3) is 1.33. The molecule has 1 aromatic rings. The molecule has 1 heteroatoms. The second-order valence-electron chi connectivity index (χ2n) is 5.22. The van der Waals surface area contributed by atoms with Crippen molar-refractivity contribution in [1.82, 2.24) is 5.32 Å². The highest BCUT2D eigenvalue weighted by Crippen LogP contribution is 2.42. The summed E-state index contributed by atoms with van der Waals surface area (Å²) >= 11 is 0. The Bertz CT molecular complexity index is 371. The van der Waals surface area contributed by atoms with Crippen LogP contribution in [0.15, 0.2) is 24.3 Å². The van der Waals surface area contributed by atoms with Gasteiger partial charge in [-0.2, -0.15) is 0 Å². The number of hydrogen-bond donors (Lipinski definition) is 1. The molecule has 2 aliphatic rings. The van der Waals surface area contributed by atoms with Gasteiger partial charge in [0, 0.05) is 11.5 Å². The molecule has 1 N–H and O–H groups in total. The first-order valence-electron chi connectivity index (χ1n) is 6.12. The lowest BCUT2D eigenvalue weighted by molar-refractivity contribution is 0.220. The maximum Gasteiger partial charge on any atom is 0.0165 e. The zero-order chi connectivity index (χ0) is 10.3. The molecule has 0 saturated carbocycles. The third-order valence-corrected chi connectivity index (χ3v) is 4.37. The Hall–Kier alpha value is -0.820. The molecule has 2 atom stereocenters. The minimum Gasteiger partial charge on any atom is -0.313 e. The predicted octanol–water partition coefficient (Wildman–Crippen LogP) is 2.64. The molecule has 0 bridgehead atoms. The van der Waals surface area contributed by atoms with Gasteiger partial charge in [-0.3, -0.25) is 0 Å². The number of hydrogen-bond acceptors (Lipinski definition) is 1. The summed E-state index contributed by atoms with van der Waals surface area (Å²) in [4.78, 5) is 0. The van der Waals surface area contributed by atoms with Gasteiger partial charge in [0.05, 0.1) is 0 Å². The Morgan fingerprint density at radius 1 is 1.33 bits per heavy atom. The fourth-order valence-corrected chi connectivity index (χ4v) is 3.47. The lowest BCUT2D eigenvalue weighted by atomic mass is 9.64. The first-order chi connectivity index (χ1) is 7.31. The minimum atomic E-state index is 0.396. The Balaban J connectivity index is 2.09. The van der Waals surface area contributed by atoms with E-state index in [2.05, 4.69) is 36.5 Å². The van der Waals surface area contributed by atoms with Crippen LogP contribution in [0.5, 0.6) is 0 Å². The molecule has 1 heterocycles. The molecule has 1 aliphatic heterocycles. The van der Waals surface area contributed by atoms with E-state index in [1.54, 1.807) is 11.1 Å². The highest BCUT2D eigenvalue weighted by Gasteiger charge is 2.41. The van der Waals surface area contributed by atoms with Crippen molar-refractivity contribution in [2.75, 3.05) is 6.54 Å². The molecular formula is C14H19N. The smallest absolute Gasteiger partial charge is 0.0165 e. The number of fused-ring (bicyclic) bond motifs is 3. The van der Waals surface area contributed by atoms with Gasteiger partial charge in [0.2, 0.25) is 0 Å². The van der Waals surface area contributed by atoms with Gasteiger partial charge in [0.1, 0.15) is 0 Å². The zero-order valence-corrected chi connectivity index (χ0v) is 9.42. The standard InChI is InChI=1S/C14H19N/c1-14-9-4-10-15-13(14)8-7-11-5-2-3-6-12(11)14/h2-3,5-6,13,15H,4,7-10H2,1H3/t13-,14+/m0/s1. The van der Waals surface area contributed by atoms with Crippen molar-refractivity contribution in [1.29, 1.82) is 0 Å². The molecule has 1 aliphatic carbocycles. The molecule has 1 fully saturated rings. The van der Waals surface area contributed by atoms with E-state index in [0.717, 1.165) is 0 Å². The second kappa shape index (κ2) is 3.34. The quantitative estimate of drug-likeness (QED) is 0.680. The first kappa shape index (κ1) is 9.41. The fraction of sp³-hybridized carbons (Fsp3) is 0.571. The van der Waals surface area contributed by atoms with Gasteiger partial charge in [0.25, 0.3) is 0 Å². The van der Waals surface area contributed by atoms with Crippen molar-refractivity contribution in [3.8, 4) is 0 Å². The van der Waals surface area contributed by atoms with Crippen molar-refractivity contribution in [3.05, 3.63) is 35.4 Å². The molecule has 3 rings (SSSR count). The van der Waals surface area contributed by atoms with Crippen LogP contribution >= 0.6 is 0 Å². The molecule has 1 nitrogen and oxygen atoms in total. The molecule has 1 saturated heterocycles. The van der Waals surface area contributed by atoms with Gasteiger partial charge < -0.3 is 5.32 Å². The average Bonchev–Trinajstić information content (AvgIpc) is 2.29. The normalized spacial score (nSPS) is 34.3. The SMILES string of the molecule is C[C@]12CCCN[C@H]1CCc1ccccc12. The van der Waals surface area contributed by atoms with Crippen LogP contribution in [0.3, 0.4) is 0 Å².